The lowest BCUT2D eigenvalue weighted by Gasteiger charge is -2.07. The molecule has 0 fully saturated rings. The standard InChI is InChI=1S/C11H13N5OS/c1-6(2)10-14-7(12)5-9(16-10)18-11-13-4-3-8(17)15-11/h3-6H,1-2H3,(H2,12,14,16)(H,13,15,17). The molecule has 2 aromatic rings. The Morgan fingerprint density at radius 1 is 1.39 bits per heavy atom. The van der Waals surface area contributed by atoms with Crippen LogP contribution in [0.5, 0.6) is 0 Å². The average molecular weight is 263 g/mol. The Morgan fingerprint density at radius 2 is 2.17 bits per heavy atom. The maximum atomic E-state index is 11.2. The molecule has 0 aliphatic heterocycles. The topological polar surface area (TPSA) is 97.5 Å². The molecule has 2 rings (SSSR count). The van der Waals surface area contributed by atoms with Gasteiger partial charge in [-0.05, 0) is 11.8 Å². The zero-order chi connectivity index (χ0) is 13.1. The minimum Gasteiger partial charge on any atom is -0.384 e. The van der Waals surface area contributed by atoms with Crippen molar-refractivity contribution in [3.63, 3.8) is 0 Å². The molecule has 7 heteroatoms. The lowest BCUT2D eigenvalue weighted by molar-refractivity contribution is 0.755. The molecule has 3 N–H and O–H groups in total. The van der Waals surface area contributed by atoms with E-state index in [1.807, 2.05) is 13.8 Å². The Kier molecular flexibility index (Phi) is 3.61. The molecule has 0 aromatic carbocycles. The lowest BCUT2D eigenvalue weighted by atomic mass is 10.2. The van der Waals surface area contributed by atoms with E-state index in [9.17, 15) is 4.79 Å². The van der Waals surface area contributed by atoms with Crippen molar-refractivity contribution >= 4 is 17.6 Å². The fraction of sp³-hybridized carbons (Fsp3) is 0.273. The number of rotatable bonds is 3. The van der Waals surface area contributed by atoms with Gasteiger partial charge in [0.1, 0.15) is 16.7 Å². The summed E-state index contributed by atoms with van der Waals surface area (Å²) in [5.41, 5.74) is 5.53. The molecule has 0 saturated carbocycles. The maximum absolute atomic E-state index is 11.2. The van der Waals surface area contributed by atoms with E-state index in [0.29, 0.717) is 21.8 Å². The SMILES string of the molecule is CC(C)c1nc(N)cc(Sc2nccc(=O)[nH]2)n1. The number of hydrogen-bond donors (Lipinski definition) is 2. The summed E-state index contributed by atoms with van der Waals surface area (Å²) in [4.78, 5) is 26.3. The minimum absolute atomic E-state index is 0.190. The highest BCUT2D eigenvalue weighted by atomic mass is 32.2. The van der Waals surface area contributed by atoms with Crippen molar-refractivity contribution in [3.05, 3.63) is 34.5 Å². The number of aromatic amines is 1. The van der Waals surface area contributed by atoms with Crippen molar-refractivity contribution in [2.24, 2.45) is 0 Å². The quantitative estimate of drug-likeness (QED) is 0.642. The number of nitrogens with two attached hydrogens (primary N) is 1. The molecule has 0 saturated heterocycles. The van der Waals surface area contributed by atoms with Gasteiger partial charge in [-0.15, -0.1) is 0 Å². The fourth-order valence-corrected chi connectivity index (χ4v) is 2.06. The number of nitrogens with one attached hydrogen (secondary N) is 1. The van der Waals surface area contributed by atoms with Crippen molar-refractivity contribution in [1.29, 1.82) is 0 Å². The van der Waals surface area contributed by atoms with Crippen LogP contribution in [0.25, 0.3) is 0 Å². The van der Waals surface area contributed by atoms with Gasteiger partial charge in [-0.1, -0.05) is 13.8 Å². The molecule has 0 atom stereocenters. The van der Waals surface area contributed by atoms with Crippen LogP contribution >= 0.6 is 11.8 Å². The van der Waals surface area contributed by atoms with Gasteiger partial charge in [0.2, 0.25) is 0 Å². The number of anilines is 1. The number of hydrogen-bond acceptors (Lipinski definition) is 6. The van der Waals surface area contributed by atoms with Gasteiger partial charge in [-0.2, -0.15) is 0 Å². The first kappa shape index (κ1) is 12.6. The highest BCUT2D eigenvalue weighted by molar-refractivity contribution is 7.99. The molecular formula is C11H13N5OS. The molecule has 2 heterocycles. The Balaban J connectivity index is 2.31. The first-order chi connectivity index (χ1) is 8.54. The van der Waals surface area contributed by atoms with Crippen molar-refractivity contribution in [1.82, 2.24) is 19.9 Å². The maximum Gasteiger partial charge on any atom is 0.251 e. The minimum atomic E-state index is -0.196. The normalized spacial score (nSPS) is 10.8. The van der Waals surface area contributed by atoms with Gasteiger partial charge in [0, 0.05) is 24.2 Å². The third kappa shape index (κ3) is 3.07. The van der Waals surface area contributed by atoms with Crippen molar-refractivity contribution in [2.75, 3.05) is 5.73 Å². The fourth-order valence-electron chi connectivity index (χ4n) is 1.27. The number of nitrogens with zero attached hydrogens (tertiary/aromatic N) is 3. The van der Waals surface area contributed by atoms with Gasteiger partial charge in [-0.3, -0.25) is 4.79 Å². The second-order valence-corrected chi connectivity index (χ2v) is 4.99. The second-order valence-electron chi connectivity index (χ2n) is 3.99. The van der Waals surface area contributed by atoms with Crippen LogP contribution in [-0.2, 0) is 0 Å². The number of nitrogen functional groups attached to an aromatic ring is 1. The molecule has 0 amide bonds. The molecule has 0 bridgehead atoms. The Hall–Kier alpha value is -1.89. The second kappa shape index (κ2) is 5.18. The molecule has 0 unspecified atom stereocenters. The highest BCUT2D eigenvalue weighted by Crippen LogP contribution is 2.24. The third-order valence-electron chi connectivity index (χ3n) is 2.11. The van der Waals surface area contributed by atoms with E-state index >= 15 is 0 Å². The molecular weight excluding hydrogens is 250 g/mol. The first-order valence-electron chi connectivity index (χ1n) is 5.42. The van der Waals surface area contributed by atoms with Gasteiger partial charge >= 0.3 is 0 Å². The van der Waals surface area contributed by atoms with Crippen LogP contribution in [0.2, 0.25) is 0 Å². The van der Waals surface area contributed by atoms with Crippen LogP contribution in [0.4, 0.5) is 5.82 Å². The van der Waals surface area contributed by atoms with E-state index in [-0.39, 0.29) is 11.5 Å². The van der Waals surface area contributed by atoms with Gasteiger partial charge in [0.15, 0.2) is 5.16 Å². The lowest BCUT2D eigenvalue weighted by Crippen LogP contribution is -2.06. The predicted octanol–water partition coefficient (Wildman–Crippen LogP) is 1.42. The molecule has 2 aromatic heterocycles. The molecule has 6 nitrogen and oxygen atoms in total. The zero-order valence-corrected chi connectivity index (χ0v) is 10.9. The van der Waals surface area contributed by atoms with E-state index < -0.39 is 0 Å². The van der Waals surface area contributed by atoms with E-state index in [0.717, 1.165) is 0 Å². The summed E-state index contributed by atoms with van der Waals surface area (Å²) >= 11 is 1.25. The molecule has 0 aliphatic rings. The Morgan fingerprint density at radius 3 is 2.83 bits per heavy atom. The summed E-state index contributed by atoms with van der Waals surface area (Å²) in [6.45, 7) is 3.98. The third-order valence-corrected chi connectivity index (χ3v) is 2.92. The summed E-state index contributed by atoms with van der Waals surface area (Å²) in [6, 6.07) is 3.02. The number of aromatic nitrogens is 4. The van der Waals surface area contributed by atoms with Crippen LogP contribution in [-0.4, -0.2) is 19.9 Å². The van der Waals surface area contributed by atoms with E-state index in [2.05, 4.69) is 19.9 Å². The van der Waals surface area contributed by atoms with Gasteiger partial charge in [0.25, 0.3) is 5.56 Å². The van der Waals surface area contributed by atoms with Crippen LogP contribution in [0.1, 0.15) is 25.6 Å². The van der Waals surface area contributed by atoms with E-state index in [1.54, 1.807) is 6.07 Å². The van der Waals surface area contributed by atoms with E-state index in [1.165, 1.54) is 24.0 Å². The average Bonchev–Trinajstić information content (AvgIpc) is 2.28. The number of H-pyrrole nitrogens is 1. The zero-order valence-electron chi connectivity index (χ0n) is 10.0. The Bertz CT molecular complexity index is 610. The monoisotopic (exact) mass is 263 g/mol. The van der Waals surface area contributed by atoms with Crippen molar-refractivity contribution in [3.8, 4) is 0 Å². The van der Waals surface area contributed by atoms with Crippen LogP contribution in [0, 0.1) is 0 Å². The summed E-state index contributed by atoms with van der Waals surface area (Å²) in [5, 5.41) is 1.15. The van der Waals surface area contributed by atoms with Gasteiger partial charge < -0.3 is 10.7 Å². The highest BCUT2D eigenvalue weighted by Gasteiger charge is 2.08. The molecule has 18 heavy (non-hydrogen) atoms. The summed E-state index contributed by atoms with van der Waals surface area (Å²) in [5.74, 6) is 1.28. The molecule has 94 valence electrons. The van der Waals surface area contributed by atoms with E-state index in [4.69, 9.17) is 5.73 Å². The Labute approximate surface area is 108 Å². The smallest absolute Gasteiger partial charge is 0.251 e. The molecule has 0 aliphatic carbocycles. The largest absolute Gasteiger partial charge is 0.384 e. The summed E-state index contributed by atoms with van der Waals surface area (Å²) < 4.78 is 0. The molecule has 0 radical (unpaired) electrons. The van der Waals surface area contributed by atoms with Crippen molar-refractivity contribution in [2.45, 2.75) is 29.9 Å². The van der Waals surface area contributed by atoms with Crippen LogP contribution in [0.3, 0.4) is 0 Å². The van der Waals surface area contributed by atoms with Gasteiger partial charge in [0.05, 0.1) is 0 Å². The first-order valence-corrected chi connectivity index (χ1v) is 6.24. The van der Waals surface area contributed by atoms with Crippen molar-refractivity contribution < 1.29 is 0 Å². The summed E-state index contributed by atoms with van der Waals surface area (Å²) in [7, 11) is 0. The summed E-state index contributed by atoms with van der Waals surface area (Å²) in [6.07, 6.45) is 1.45. The van der Waals surface area contributed by atoms with Crippen LogP contribution in [0.15, 0.2) is 33.3 Å². The van der Waals surface area contributed by atoms with Gasteiger partial charge in [-0.25, -0.2) is 15.0 Å². The predicted molar refractivity (Wildman–Crippen MR) is 69.5 cm³/mol. The molecule has 0 spiro atoms. The van der Waals surface area contributed by atoms with Crippen LogP contribution < -0.4 is 11.3 Å².